The molecule has 154 valence electrons. The van der Waals surface area contributed by atoms with E-state index >= 15 is 0 Å². The number of pyridine rings is 1. The van der Waals surface area contributed by atoms with Crippen molar-refractivity contribution in [2.45, 2.75) is 32.4 Å². The predicted octanol–water partition coefficient (Wildman–Crippen LogP) is 3.17. The van der Waals surface area contributed by atoms with Crippen molar-refractivity contribution in [2.75, 3.05) is 13.1 Å². The van der Waals surface area contributed by atoms with Crippen LogP contribution in [-0.2, 0) is 13.6 Å². The van der Waals surface area contributed by atoms with Gasteiger partial charge in [-0.05, 0) is 56.2 Å². The van der Waals surface area contributed by atoms with Gasteiger partial charge in [0.15, 0.2) is 5.82 Å². The Hall–Kier alpha value is -3.19. The van der Waals surface area contributed by atoms with E-state index in [2.05, 4.69) is 33.2 Å². The summed E-state index contributed by atoms with van der Waals surface area (Å²) >= 11 is 0. The summed E-state index contributed by atoms with van der Waals surface area (Å²) in [7, 11) is 2.01. The van der Waals surface area contributed by atoms with E-state index in [4.69, 9.17) is 10.7 Å². The number of aromatic nitrogens is 4. The highest BCUT2D eigenvalue weighted by atomic mass is 16.2. The third kappa shape index (κ3) is 2.97. The van der Waals surface area contributed by atoms with Crippen molar-refractivity contribution in [1.29, 1.82) is 0 Å². The third-order valence-electron chi connectivity index (χ3n) is 6.07. The number of nitrogens with zero attached hydrogens (tertiary/aromatic N) is 5. The van der Waals surface area contributed by atoms with E-state index in [0.29, 0.717) is 12.1 Å². The lowest BCUT2D eigenvalue weighted by atomic mass is 10.1. The summed E-state index contributed by atoms with van der Waals surface area (Å²) in [5, 5.41) is 1.10. The summed E-state index contributed by atoms with van der Waals surface area (Å²) in [5.41, 5.74) is 10.5. The third-order valence-corrected chi connectivity index (χ3v) is 6.07. The molecule has 7 heteroatoms. The average Bonchev–Trinajstić information content (AvgIpc) is 3.30. The first kappa shape index (κ1) is 18.8. The minimum Gasteiger partial charge on any atom is -0.337 e. The first-order chi connectivity index (χ1) is 14.6. The highest BCUT2D eigenvalue weighted by molar-refractivity contribution is 5.98. The fourth-order valence-corrected chi connectivity index (χ4v) is 4.53. The molecule has 1 aliphatic heterocycles. The molecule has 0 saturated carbocycles. The standard InChI is InChI=1S/C23H26N6O/c1-3-29-20(13-15-6-4-10-25-21(15)29)22-26-18-12-16(8-9-19(18)27(22)2)23(30)28-11-5-7-17(24)14-28/h4,6,8-10,12-13,17H,3,5,7,11,14,24H2,1-2H3. The molecule has 0 spiro atoms. The van der Waals surface area contributed by atoms with E-state index in [-0.39, 0.29) is 11.9 Å². The molecule has 1 aromatic carbocycles. The van der Waals surface area contributed by atoms with Gasteiger partial charge in [-0.1, -0.05) is 0 Å². The molecule has 2 N–H and O–H groups in total. The zero-order valence-electron chi connectivity index (χ0n) is 17.4. The van der Waals surface area contributed by atoms with E-state index < -0.39 is 0 Å². The number of amides is 1. The van der Waals surface area contributed by atoms with Gasteiger partial charge >= 0.3 is 0 Å². The van der Waals surface area contributed by atoms with Crippen LogP contribution in [0.4, 0.5) is 0 Å². The van der Waals surface area contributed by atoms with Gasteiger partial charge in [0.2, 0.25) is 0 Å². The molecule has 30 heavy (non-hydrogen) atoms. The van der Waals surface area contributed by atoms with Gasteiger partial charge in [-0.15, -0.1) is 0 Å². The molecule has 4 aromatic rings. The van der Waals surface area contributed by atoms with Crippen LogP contribution in [0.25, 0.3) is 33.6 Å². The summed E-state index contributed by atoms with van der Waals surface area (Å²) in [6.07, 6.45) is 3.75. The van der Waals surface area contributed by atoms with Crippen LogP contribution in [0.3, 0.4) is 0 Å². The second-order valence-electron chi connectivity index (χ2n) is 8.04. The van der Waals surface area contributed by atoms with Gasteiger partial charge in [0.1, 0.15) is 5.65 Å². The van der Waals surface area contributed by atoms with Crippen molar-refractivity contribution in [2.24, 2.45) is 12.8 Å². The van der Waals surface area contributed by atoms with Crippen LogP contribution in [-0.4, -0.2) is 49.0 Å². The molecule has 1 aliphatic rings. The maximum absolute atomic E-state index is 13.0. The SMILES string of the molecule is CCn1c(-c2nc3cc(C(=O)N4CCCC(N)C4)ccc3n2C)cc2cccnc21. The van der Waals surface area contributed by atoms with Gasteiger partial charge in [-0.2, -0.15) is 0 Å². The molecular formula is C23H26N6O. The number of aryl methyl sites for hydroxylation is 2. The number of benzene rings is 1. The topological polar surface area (TPSA) is 82.0 Å². The predicted molar refractivity (Wildman–Crippen MR) is 118 cm³/mol. The lowest BCUT2D eigenvalue weighted by molar-refractivity contribution is 0.0709. The average molecular weight is 403 g/mol. The number of carbonyl (C=O) groups excluding carboxylic acids is 1. The van der Waals surface area contributed by atoms with Crippen molar-refractivity contribution in [3.8, 4) is 11.5 Å². The van der Waals surface area contributed by atoms with Gasteiger partial charge in [-0.3, -0.25) is 4.79 Å². The Labute approximate surface area is 175 Å². The molecule has 0 bridgehead atoms. The van der Waals surface area contributed by atoms with E-state index in [1.54, 1.807) is 0 Å². The van der Waals surface area contributed by atoms with Gasteiger partial charge in [0.05, 0.1) is 16.7 Å². The van der Waals surface area contributed by atoms with E-state index in [1.807, 2.05) is 42.4 Å². The lowest BCUT2D eigenvalue weighted by Crippen LogP contribution is -2.45. The molecule has 0 radical (unpaired) electrons. The van der Waals surface area contributed by atoms with E-state index in [0.717, 1.165) is 59.5 Å². The number of piperidine rings is 1. The normalized spacial score (nSPS) is 17.2. The second-order valence-corrected chi connectivity index (χ2v) is 8.04. The number of imidazole rings is 1. The zero-order valence-corrected chi connectivity index (χ0v) is 17.4. The van der Waals surface area contributed by atoms with Gasteiger partial charge in [0, 0.05) is 49.9 Å². The minimum atomic E-state index is 0.0334. The molecular weight excluding hydrogens is 376 g/mol. The van der Waals surface area contributed by atoms with Crippen molar-refractivity contribution in [1.82, 2.24) is 24.0 Å². The Bertz CT molecular complexity index is 1250. The summed E-state index contributed by atoms with van der Waals surface area (Å²) < 4.78 is 4.26. The Morgan fingerprint density at radius 2 is 2.13 bits per heavy atom. The van der Waals surface area contributed by atoms with Crippen LogP contribution in [0.1, 0.15) is 30.1 Å². The number of hydrogen-bond donors (Lipinski definition) is 1. The van der Waals surface area contributed by atoms with Crippen LogP contribution in [0.2, 0.25) is 0 Å². The Morgan fingerprint density at radius 3 is 2.93 bits per heavy atom. The molecule has 1 unspecified atom stereocenters. The van der Waals surface area contributed by atoms with Crippen molar-refractivity contribution < 1.29 is 4.79 Å². The van der Waals surface area contributed by atoms with Crippen LogP contribution >= 0.6 is 0 Å². The molecule has 5 rings (SSSR count). The van der Waals surface area contributed by atoms with Crippen LogP contribution in [0.15, 0.2) is 42.6 Å². The molecule has 4 heterocycles. The molecule has 7 nitrogen and oxygen atoms in total. The van der Waals surface area contributed by atoms with Crippen LogP contribution in [0, 0.1) is 0 Å². The Kier molecular flexibility index (Phi) is 4.55. The highest BCUT2D eigenvalue weighted by Crippen LogP contribution is 2.29. The van der Waals surface area contributed by atoms with Crippen LogP contribution in [0.5, 0.6) is 0 Å². The first-order valence-corrected chi connectivity index (χ1v) is 10.5. The van der Waals surface area contributed by atoms with E-state index in [1.165, 1.54) is 0 Å². The first-order valence-electron chi connectivity index (χ1n) is 10.5. The summed E-state index contributed by atoms with van der Waals surface area (Å²) in [6.45, 7) is 4.30. The number of fused-ring (bicyclic) bond motifs is 2. The second kappa shape index (κ2) is 7.25. The number of carbonyl (C=O) groups is 1. The molecule has 3 aromatic heterocycles. The maximum Gasteiger partial charge on any atom is 0.253 e. The quantitative estimate of drug-likeness (QED) is 0.571. The van der Waals surface area contributed by atoms with Gasteiger partial charge in [0.25, 0.3) is 5.91 Å². The monoisotopic (exact) mass is 402 g/mol. The number of hydrogen-bond acceptors (Lipinski definition) is 4. The van der Waals surface area contributed by atoms with E-state index in [9.17, 15) is 4.79 Å². The maximum atomic E-state index is 13.0. The fourth-order valence-electron chi connectivity index (χ4n) is 4.53. The lowest BCUT2D eigenvalue weighted by Gasteiger charge is -2.30. The van der Waals surface area contributed by atoms with Crippen LogP contribution < -0.4 is 5.73 Å². The minimum absolute atomic E-state index is 0.0334. The molecule has 0 aliphatic carbocycles. The smallest absolute Gasteiger partial charge is 0.253 e. The molecule has 1 saturated heterocycles. The summed E-state index contributed by atoms with van der Waals surface area (Å²) in [4.78, 5) is 24.3. The van der Waals surface area contributed by atoms with Gasteiger partial charge < -0.3 is 19.8 Å². The van der Waals surface area contributed by atoms with Crippen molar-refractivity contribution in [3.05, 3.63) is 48.2 Å². The summed E-state index contributed by atoms with van der Waals surface area (Å²) in [5.74, 6) is 0.903. The highest BCUT2D eigenvalue weighted by Gasteiger charge is 2.23. The van der Waals surface area contributed by atoms with Crippen molar-refractivity contribution in [3.63, 3.8) is 0 Å². The van der Waals surface area contributed by atoms with Crippen molar-refractivity contribution >= 4 is 28.0 Å². The van der Waals surface area contributed by atoms with Gasteiger partial charge in [-0.25, -0.2) is 9.97 Å². The Balaban J connectivity index is 1.57. The Morgan fingerprint density at radius 1 is 1.27 bits per heavy atom. The zero-order chi connectivity index (χ0) is 20.8. The molecule has 1 fully saturated rings. The fraction of sp³-hybridized carbons (Fsp3) is 0.348. The number of likely N-dealkylation sites (tertiary alicyclic amines) is 1. The molecule has 1 atom stereocenters. The number of rotatable bonds is 3. The number of nitrogens with two attached hydrogens (primary N) is 1. The molecule has 1 amide bonds. The summed E-state index contributed by atoms with van der Waals surface area (Å²) in [6, 6.07) is 12.0. The largest absolute Gasteiger partial charge is 0.337 e.